The number of carboxylic acid groups (broad SMARTS) is 1. The Morgan fingerprint density at radius 3 is 1.76 bits per heavy atom. The molecular formula is C35H46N6O8. The summed E-state index contributed by atoms with van der Waals surface area (Å²) >= 11 is 0. The minimum atomic E-state index is -1.53. The summed E-state index contributed by atoms with van der Waals surface area (Å²) in [7, 11) is 0. The summed E-state index contributed by atoms with van der Waals surface area (Å²) in [5.74, 6) is -5.17. The average Bonchev–Trinajstić information content (AvgIpc) is 3.54. The van der Waals surface area contributed by atoms with Crippen molar-refractivity contribution in [3.63, 3.8) is 0 Å². The van der Waals surface area contributed by atoms with Crippen molar-refractivity contribution in [1.29, 1.82) is 0 Å². The van der Waals surface area contributed by atoms with Gasteiger partial charge in [-0.3, -0.25) is 33.6 Å². The number of hydrogen-bond acceptors (Lipinski definition) is 7. The van der Waals surface area contributed by atoms with Crippen LogP contribution in [0.4, 0.5) is 0 Å². The van der Waals surface area contributed by atoms with Gasteiger partial charge in [0.05, 0.1) is 6.42 Å². The van der Waals surface area contributed by atoms with Gasteiger partial charge in [-0.15, -0.1) is 0 Å². The molecule has 14 heteroatoms. The first-order valence-corrected chi connectivity index (χ1v) is 16.3. The highest BCUT2D eigenvalue weighted by molar-refractivity contribution is 5.97. The van der Waals surface area contributed by atoms with Crippen LogP contribution in [0, 0.1) is 5.92 Å². The van der Waals surface area contributed by atoms with Crippen molar-refractivity contribution in [2.45, 2.75) is 89.5 Å². The fraction of sp³-hybridized carbons (Fsp3) is 0.457. The molecule has 0 radical (unpaired) electrons. The summed E-state index contributed by atoms with van der Waals surface area (Å²) in [6.07, 6.45) is 0.553. The molecule has 0 unspecified atom stereocenters. The number of primary amides is 1. The molecule has 0 aliphatic carbocycles. The molecule has 264 valence electrons. The minimum absolute atomic E-state index is 0.0196. The second-order valence-corrected chi connectivity index (χ2v) is 12.6. The lowest BCUT2D eigenvalue weighted by Crippen LogP contribution is -2.59. The number of likely N-dealkylation sites (tertiary alicyclic amines) is 1. The third-order valence-electron chi connectivity index (χ3n) is 8.09. The summed E-state index contributed by atoms with van der Waals surface area (Å²) in [5.41, 5.74) is 6.71. The number of benzene rings is 2. The molecule has 0 aromatic heterocycles. The molecule has 5 atom stereocenters. The number of aliphatic carboxylic acids is 1. The van der Waals surface area contributed by atoms with E-state index >= 15 is 0 Å². The van der Waals surface area contributed by atoms with Gasteiger partial charge in [0, 0.05) is 26.3 Å². The summed E-state index contributed by atoms with van der Waals surface area (Å²) in [5, 5.41) is 19.7. The van der Waals surface area contributed by atoms with E-state index in [4.69, 9.17) is 5.73 Å². The van der Waals surface area contributed by atoms with E-state index in [1.54, 1.807) is 60.7 Å². The van der Waals surface area contributed by atoms with Crippen LogP contribution in [0.1, 0.15) is 57.6 Å². The fourth-order valence-electron chi connectivity index (χ4n) is 5.77. The lowest BCUT2D eigenvalue weighted by Gasteiger charge is -2.30. The molecule has 0 spiro atoms. The molecule has 2 aromatic rings. The molecule has 1 fully saturated rings. The van der Waals surface area contributed by atoms with E-state index in [9.17, 15) is 38.7 Å². The van der Waals surface area contributed by atoms with Gasteiger partial charge in [0.15, 0.2) is 0 Å². The molecule has 6 amide bonds. The van der Waals surface area contributed by atoms with Crippen molar-refractivity contribution in [3.05, 3.63) is 71.8 Å². The number of nitrogens with zero attached hydrogens (tertiary/aromatic N) is 1. The number of carbonyl (C=O) groups is 7. The highest BCUT2D eigenvalue weighted by Gasteiger charge is 2.39. The SMILES string of the molecule is CC(=O)N[C@H](CC(C)C)C(=O)N1CCC[C@@H]1C(=O)N[C@H](Cc1ccccc1)C(=O)N[C@@H](Cc1ccccc1)C(=O)N[C@H](CC(=O)O)C(N)=O. The van der Waals surface area contributed by atoms with Crippen LogP contribution in [0.2, 0.25) is 0 Å². The zero-order valence-corrected chi connectivity index (χ0v) is 28.0. The number of nitrogens with two attached hydrogens (primary N) is 1. The molecule has 1 saturated heterocycles. The molecule has 7 N–H and O–H groups in total. The van der Waals surface area contributed by atoms with Gasteiger partial charge in [0.25, 0.3) is 0 Å². The first-order chi connectivity index (χ1) is 23.2. The number of amides is 6. The van der Waals surface area contributed by atoms with Crippen LogP contribution in [-0.2, 0) is 46.4 Å². The van der Waals surface area contributed by atoms with Crippen LogP contribution < -0.4 is 27.0 Å². The molecule has 2 aromatic carbocycles. The van der Waals surface area contributed by atoms with Gasteiger partial charge in [-0.05, 0) is 36.3 Å². The molecule has 14 nitrogen and oxygen atoms in total. The maximum absolute atomic E-state index is 13.9. The van der Waals surface area contributed by atoms with Crippen LogP contribution in [-0.4, -0.2) is 88.2 Å². The van der Waals surface area contributed by atoms with E-state index in [1.165, 1.54) is 11.8 Å². The topological polar surface area (TPSA) is 217 Å². The Kier molecular flexibility index (Phi) is 14.3. The third kappa shape index (κ3) is 12.0. The quantitative estimate of drug-likeness (QED) is 0.138. The number of nitrogens with one attached hydrogen (secondary N) is 4. The molecule has 1 heterocycles. The Balaban J connectivity index is 1.87. The van der Waals surface area contributed by atoms with E-state index in [1.807, 2.05) is 13.8 Å². The van der Waals surface area contributed by atoms with Crippen molar-refractivity contribution in [1.82, 2.24) is 26.2 Å². The summed E-state index contributed by atoms with van der Waals surface area (Å²) in [6, 6.07) is 11.9. The Bertz CT molecular complexity index is 1490. The van der Waals surface area contributed by atoms with E-state index in [0.29, 0.717) is 36.9 Å². The molecule has 1 aliphatic heterocycles. The zero-order chi connectivity index (χ0) is 36.1. The molecule has 49 heavy (non-hydrogen) atoms. The number of carbonyl (C=O) groups excluding carboxylic acids is 6. The minimum Gasteiger partial charge on any atom is -0.481 e. The van der Waals surface area contributed by atoms with Gasteiger partial charge < -0.3 is 37.0 Å². The zero-order valence-electron chi connectivity index (χ0n) is 28.0. The largest absolute Gasteiger partial charge is 0.481 e. The highest BCUT2D eigenvalue weighted by Crippen LogP contribution is 2.21. The second-order valence-electron chi connectivity index (χ2n) is 12.6. The van der Waals surface area contributed by atoms with Gasteiger partial charge in [0.1, 0.15) is 30.2 Å². The summed E-state index contributed by atoms with van der Waals surface area (Å²) in [6.45, 7) is 5.48. The average molecular weight is 679 g/mol. The van der Waals surface area contributed by atoms with Crippen molar-refractivity contribution in [2.75, 3.05) is 6.54 Å². The predicted octanol–water partition coefficient (Wildman–Crippen LogP) is 0.428. The highest BCUT2D eigenvalue weighted by atomic mass is 16.4. The van der Waals surface area contributed by atoms with Gasteiger partial charge in [-0.1, -0.05) is 74.5 Å². The van der Waals surface area contributed by atoms with E-state index in [2.05, 4.69) is 21.3 Å². The maximum Gasteiger partial charge on any atom is 0.305 e. The molecule has 0 bridgehead atoms. The van der Waals surface area contributed by atoms with Crippen LogP contribution in [0.25, 0.3) is 0 Å². The van der Waals surface area contributed by atoms with Crippen LogP contribution in [0.5, 0.6) is 0 Å². The molecule has 1 aliphatic rings. The van der Waals surface area contributed by atoms with Crippen molar-refractivity contribution in [3.8, 4) is 0 Å². The Morgan fingerprint density at radius 2 is 1.29 bits per heavy atom. The number of rotatable bonds is 17. The standard InChI is InChI=1S/C35H46N6O8/c1-21(2)17-28(37-22(3)42)35(49)41-16-10-15-29(41)34(48)40-27(19-24-13-8-5-9-14-24)33(47)39-26(18-23-11-6-4-7-12-23)32(46)38-25(31(36)45)20-30(43)44/h4-9,11-14,21,25-29H,10,15-20H2,1-3H3,(H2,36,45)(H,37,42)(H,38,46)(H,39,47)(H,40,48)(H,43,44)/t25-,26+,27-,28-,29-/m1/s1. The summed E-state index contributed by atoms with van der Waals surface area (Å²) < 4.78 is 0. The normalized spacial score (nSPS) is 16.5. The van der Waals surface area contributed by atoms with Crippen LogP contribution in [0.3, 0.4) is 0 Å². The number of carboxylic acids is 1. The van der Waals surface area contributed by atoms with Crippen molar-refractivity contribution < 1.29 is 38.7 Å². The Hall–Kier alpha value is -5.27. The Morgan fingerprint density at radius 1 is 0.776 bits per heavy atom. The lowest BCUT2D eigenvalue weighted by atomic mass is 10.0. The van der Waals surface area contributed by atoms with E-state index in [0.717, 1.165) is 0 Å². The maximum atomic E-state index is 13.9. The van der Waals surface area contributed by atoms with Gasteiger partial charge in [-0.25, -0.2) is 0 Å². The Labute approximate surface area is 285 Å². The van der Waals surface area contributed by atoms with E-state index in [-0.39, 0.29) is 30.6 Å². The van der Waals surface area contributed by atoms with Gasteiger partial charge in [-0.2, -0.15) is 0 Å². The van der Waals surface area contributed by atoms with Crippen LogP contribution >= 0.6 is 0 Å². The lowest BCUT2D eigenvalue weighted by molar-refractivity contribution is -0.142. The van der Waals surface area contributed by atoms with E-state index < -0.39 is 66.2 Å². The number of hydrogen-bond donors (Lipinski definition) is 6. The molecular weight excluding hydrogens is 632 g/mol. The summed E-state index contributed by atoms with van der Waals surface area (Å²) in [4.78, 5) is 91.3. The van der Waals surface area contributed by atoms with Crippen LogP contribution in [0.15, 0.2) is 60.7 Å². The van der Waals surface area contributed by atoms with Crippen molar-refractivity contribution in [2.24, 2.45) is 11.7 Å². The van der Waals surface area contributed by atoms with Gasteiger partial charge >= 0.3 is 5.97 Å². The first-order valence-electron chi connectivity index (χ1n) is 16.3. The smallest absolute Gasteiger partial charge is 0.305 e. The first kappa shape index (κ1) is 38.2. The van der Waals surface area contributed by atoms with Crippen molar-refractivity contribution >= 4 is 41.4 Å². The fourth-order valence-corrected chi connectivity index (χ4v) is 5.77. The second kappa shape index (κ2) is 18.3. The molecule has 3 rings (SSSR count). The monoisotopic (exact) mass is 678 g/mol. The third-order valence-corrected chi connectivity index (χ3v) is 8.09. The molecule has 0 saturated carbocycles. The predicted molar refractivity (Wildman–Crippen MR) is 179 cm³/mol. The van der Waals surface area contributed by atoms with Gasteiger partial charge in [0.2, 0.25) is 35.4 Å².